The number of para-hydroxylation sites is 1. The van der Waals surface area contributed by atoms with Gasteiger partial charge in [-0.3, -0.25) is 14.5 Å². The summed E-state index contributed by atoms with van der Waals surface area (Å²) in [7, 11) is 0. The molecule has 1 heterocycles. The van der Waals surface area contributed by atoms with Crippen LogP contribution < -0.4 is 15.2 Å². The molecular formula is C22H27N3O4. The molecule has 29 heavy (non-hydrogen) atoms. The highest BCUT2D eigenvalue weighted by atomic mass is 16.5. The van der Waals surface area contributed by atoms with Gasteiger partial charge >= 0.3 is 0 Å². The summed E-state index contributed by atoms with van der Waals surface area (Å²) in [6.07, 6.45) is 0.194. The van der Waals surface area contributed by atoms with Gasteiger partial charge < -0.3 is 20.1 Å². The minimum absolute atomic E-state index is 0.00623. The van der Waals surface area contributed by atoms with E-state index in [4.69, 9.17) is 15.2 Å². The zero-order valence-corrected chi connectivity index (χ0v) is 16.5. The van der Waals surface area contributed by atoms with E-state index in [9.17, 15) is 9.59 Å². The van der Waals surface area contributed by atoms with Crippen molar-refractivity contribution in [3.05, 3.63) is 60.2 Å². The first-order valence-corrected chi connectivity index (χ1v) is 9.78. The molecule has 1 saturated heterocycles. The van der Waals surface area contributed by atoms with E-state index in [0.29, 0.717) is 25.4 Å². The fourth-order valence-electron chi connectivity index (χ4n) is 3.17. The fourth-order valence-corrected chi connectivity index (χ4v) is 3.17. The summed E-state index contributed by atoms with van der Waals surface area (Å²) in [5, 5.41) is 0. The Labute approximate surface area is 171 Å². The molecule has 2 amide bonds. The van der Waals surface area contributed by atoms with Gasteiger partial charge in [0.1, 0.15) is 18.1 Å². The van der Waals surface area contributed by atoms with Crippen LogP contribution in [-0.2, 0) is 16.0 Å². The summed E-state index contributed by atoms with van der Waals surface area (Å²) in [5.41, 5.74) is 6.00. The summed E-state index contributed by atoms with van der Waals surface area (Å²) in [6, 6.07) is 16.8. The van der Waals surface area contributed by atoms with Crippen molar-refractivity contribution >= 4 is 11.8 Å². The molecule has 0 aliphatic carbocycles. The van der Waals surface area contributed by atoms with Gasteiger partial charge in [-0.05, 0) is 29.8 Å². The third-order valence-electron chi connectivity index (χ3n) is 4.81. The lowest BCUT2D eigenvalue weighted by molar-refractivity contribution is -0.135. The maximum Gasteiger partial charge on any atom is 0.260 e. The smallest absolute Gasteiger partial charge is 0.260 e. The molecule has 1 aliphatic rings. The van der Waals surface area contributed by atoms with Crippen molar-refractivity contribution in [2.45, 2.75) is 6.42 Å². The van der Waals surface area contributed by atoms with Crippen molar-refractivity contribution in [1.29, 1.82) is 0 Å². The van der Waals surface area contributed by atoms with Crippen LogP contribution in [0, 0.1) is 0 Å². The lowest BCUT2D eigenvalue weighted by atomic mass is 10.1. The summed E-state index contributed by atoms with van der Waals surface area (Å²) in [6.45, 7) is 4.50. The molecule has 2 N–H and O–H groups in total. The van der Waals surface area contributed by atoms with E-state index in [1.807, 2.05) is 35.2 Å². The Morgan fingerprint density at radius 2 is 1.52 bits per heavy atom. The number of primary amides is 1. The molecule has 0 unspecified atom stereocenters. The fraction of sp³-hybridized carbons (Fsp3) is 0.364. The Morgan fingerprint density at radius 1 is 0.862 bits per heavy atom. The van der Waals surface area contributed by atoms with Gasteiger partial charge in [0.15, 0.2) is 6.61 Å². The number of carbonyl (C=O) groups is 2. The number of nitrogens with zero attached hydrogens (tertiary/aromatic N) is 2. The molecule has 0 aromatic heterocycles. The van der Waals surface area contributed by atoms with Gasteiger partial charge in [0.25, 0.3) is 5.91 Å². The number of hydrogen-bond acceptors (Lipinski definition) is 5. The highest BCUT2D eigenvalue weighted by molar-refractivity contribution is 5.78. The molecule has 0 bridgehead atoms. The number of piperazine rings is 1. The predicted molar refractivity (Wildman–Crippen MR) is 110 cm³/mol. The second-order valence-corrected chi connectivity index (χ2v) is 6.96. The Hall–Kier alpha value is -3.06. The van der Waals surface area contributed by atoms with Gasteiger partial charge in [0.2, 0.25) is 5.91 Å². The number of nitrogens with two attached hydrogens (primary N) is 1. The third-order valence-corrected chi connectivity index (χ3v) is 4.81. The van der Waals surface area contributed by atoms with Crippen molar-refractivity contribution in [2.24, 2.45) is 5.73 Å². The number of hydrogen-bond donors (Lipinski definition) is 1. The van der Waals surface area contributed by atoms with Crippen LogP contribution in [-0.4, -0.2) is 67.6 Å². The van der Waals surface area contributed by atoms with E-state index >= 15 is 0 Å². The standard InChI is InChI=1S/C22H27N3O4/c23-21(26)16-18-6-8-20(9-7-18)29-17-22(27)25-12-10-24(11-13-25)14-15-28-19-4-2-1-3-5-19/h1-9H,10-17H2,(H2,23,26). The Bertz CT molecular complexity index is 787. The number of rotatable bonds is 9. The van der Waals surface area contributed by atoms with E-state index < -0.39 is 0 Å². The number of carbonyl (C=O) groups excluding carboxylic acids is 2. The quantitative estimate of drug-likeness (QED) is 0.690. The van der Waals surface area contributed by atoms with Crippen LogP contribution in [0.2, 0.25) is 0 Å². The van der Waals surface area contributed by atoms with Crippen LogP contribution in [0.15, 0.2) is 54.6 Å². The summed E-state index contributed by atoms with van der Waals surface area (Å²) in [5.74, 6) is 1.08. The van der Waals surface area contributed by atoms with Crippen molar-refractivity contribution in [3.63, 3.8) is 0 Å². The second-order valence-electron chi connectivity index (χ2n) is 6.96. The maximum atomic E-state index is 12.4. The molecule has 1 aliphatic heterocycles. The first kappa shape index (κ1) is 20.7. The first-order valence-electron chi connectivity index (χ1n) is 9.78. The van der Waals surface area contributed by atoms with Crippen LogP contribution in [0.1, 0.15) is 5.56 Å². The predicted octanol–water partition coefficient (Wildman–Crippen LogP) is 1.32. The Balaban J connectivity index is 1.33. The molecule has 0 spiro atoms. The third kappa shape index (κ3) is 6.80. The highest BCUT2D eigenvalue weighted by Gasteiger charge is 2.21. The average molecular weight is 397 g/mol. The van der Waals surface area contributed by atoms with E-state index in [-0.39, 0.29) is 24.8 Å². The number of ether oxygens (including phenoxy) is 2. The molecule has 1 fully saturated rings. The van der Waals surface area contributed by atoms with Crippen molar-refractivity contribution in [1.82, 2.24) is 9.80 Å². The van der Waals surface area contributed by atoms with E-state index in [1.54, 1.807) is 24.3 Å². The zero-order chi connectivity index (χ0) is 20.5. The van der Waals surface area contributed by atoms with Crippen LogP contribution in [0.25, 0.3) is 0 Å². The second kappa shape index (κ2) is 10.5. The molecule has 154 valence electrons. The summed E-state index contributed by atoms with van der Waals surface area (Å²) >= 11 is 0. The lowest BCUT2D eigenvalue weighted by Gasteiger charge is -2.34. The minimum atomic E-state index is -0.375. The van der Waals surface area contributed by atoms with Gasteiger partial charge in [-0.25, -0.2) is 0 Å². The lowest BCUT2D eigenvalue weighted by Crippen LogP contribution is -2.50. The molecule has 3 rings (SSSR count). The highest BCUT2D eigenvalue weighted by Crippen LogP contribution is 2.13. The molecule has 0 radical (unpaired) electrons. The van der Waals surface area contributed by atoms with Crippen molar-refractivity contribution in [2.75, 3.05) is 45.9 Å². The van der Waals surface area contributed by atoms with Crippen LogP contribution in [0.5, 0.6) is 11.5 Å². The zero-order valence-electron chi connectivity index (χ0n) is 16.5. The van der Waals surface area contributed by atoms with Crippen molar-refractivity contribution < 1.29 is 19.1 Å². The van der Waals surface area contributed by atoms with Gasteiger partial charge in [-0.1, -0.05) is 30.3 Å². The molecule has 7 heteroatoms. The first-order chi connectivity index (χ1) is 14.1. The molecule has 0 saturated carbocycles. The van der Waals surface area contributed by atoms with Gasteiger partial charge in [-0.2, -0.15) is 0 Å². The maximum absolute atomic E-state index is 12.4. The molecular weight excluding hydrogens is 370 g/mol. The summed E-state index contributed by atoms with van der Waals surface area (Å²) in [4.78, 5) is 27.4. The molecule has 2 aromatic carbocycles. The largest absolute Gasteiger partial charge is 0.492 e. The van der Waals surface area contributed by atoms with Crippen LogP contribution in [0.3, 0.4) is 0 Å². The monoisotopic (exact) mass is 397 g/mol. The summed E-state index contributed by atoms with van der Waals surface area (Å²) < 4.78 is 11.3. The van der Waals surface area contributed by atoms with Gasteiger partial charge in [-0.15, -0.1) is 0 Å². The normalized spacial score (nSPS) is 14.4. The van der Waals surface area contributed by atoms with E-state index in [1.165, 1.54) is 0 Å². The number of benzene rings is 2. The van der Waals surface area contributed by atoms with E-state index in [2.05, 4.69) is 4.90 Å². The number of amides is 2. The minimum Gasteiger partial charge on any atom is -0.492 e. The van der Waals surface area contributed by atoms with Crippen LogP contribution in [0.4, 0.5) is 0 Å². The Kier molecular flexibility index (Phi) is 7.47. The molecule has 7 nitrogen and oxygen atoms in total. The average Bonchev–Trinajstić information content (AvgIpc) is 2.74. The Morgan fingerprint density at radius 3 is 2.17 bits per heavy atom. The van der Waals surface area contributed by atoms with Gasteiger partial charge in [0, 0.05) is 32.7 Å². The molecule has 0 atom stereocenters. The van der Waals surface area contributed by atoms with Crippen LogP contribution >= 0.6 is 0 Å². The SMILES string of the molecule is NC(=O)Cc1ccc(OCC(=O)N2CCN(CCOc3ccccc3)CC2)cc1. The topological polar surface area (TPSA) is 85.1 Å². The van der Waals surface area contributed by atoms with E-state index in [0.717, 1.165) is 30.9 Å². The molecule has 2 aromatic rings. The van der Waals surface area contributed by atoms with Crippen molar-refractivity contribution in [3.8, 4) is 11.5 Å². The van der Waals surface area contributed by atoms with Gasteiger partial charge in [0.05, 0.1) is 6.42 Å².